The van der Waals surface area contributed by atoms with E-state index in [1.54, 1.807) is 18.2 Å². The largest absolute Gasteiger partial charge is 0.352 e. The fourth-order valence-electron chi connectivity index (χ4n) is 2.59. The zero-order valence-corrected chi connectivity index (χ0v) is 15.8. The second kappa shape index (κ2) is 9.76. The highest BCUT2D eigenvalue weighted by Crippen LogP contribution is 2.16. The van der Waals surface area contributed by atoms with E-state index >= 15 is 0 Å². The maximum Gasteiger partial charge on any atom is 0.253 e. The lowest BCUT2D eigenvalue weighted by molar-refractivity contribution is -0.116. The monoisotopic (exact) mass is 352 g/mol. The predicted octanol–water partition coefficient (Wildman–Crippen LogP) is 4.21. The summed E-state index contributed by atoms with van der Waals surface area (Å²) in [5.74, 6) is 0.123. The Morgan fingerprint density at radius 3 is 2.27 bits per heavy atom. The van der Waals surface area contributed by atoms with Crippen LogP contribution in [0.5, 0.6) is 0 Å². The van der Waals surface area contributed by atoms with Crippen molar-refractivity contribution >= 4 is 17.5 Å². The van der Waals surface area contributed by atoms with Gasteiger partial charge in [0.1, 0.15) is 0 Å². The number of carbonyl (C=O) groups excluding carboxylic acids is 2. The molecule has 138 valence electrons. The highest BCUT2D eigenvalue weighted by atomic mass is 16.2. The fraction of sp³-hybridized carbons (Fsp3) is 0.364. The van der Waals surface area contributed by atoms with Crippen molar-refractivity contribution in [2.45, 2.75) is 40.0 Å². The fourth-order valence-corrected chi connectivity index (χ4v) is 2.59. The molecule has 0 bridgehead atoms. The number of anilines is 1. The first-order chi connectivity index (χ1) is 12.5. The van der Waals surface area contributed by atoms with Gasteiger partial charge in [0.15, 0.2) is 0 Å². The number of rotatable bonds is 8. The van der Waals surface area contributed by atoms with Crippen LogP contribution < -0.4 is 10.6 Å². The first-order valence-electron chi connectivity index (χ1n) is 9.24. The van der Waals surface area contributed by atoms with Crippen LogP contribution in [0.2, 0.25) is 0 Å². The Kier molecular flexibility index (Phi) is 7.39. The summed E-state index contributed by atoms with van der Waals surface area (Å²) in [6.45, 7) is 6.81. The first kappa shape index (κ1) is 19.7. The molecule has 2 rings (SSSR count). The minimum Gasteiger partial charge on any atom is -0.352 e. The van der Waals surface area contributed by atoms with Gasteiger partial charge >= 0.3 is 0 Å². The van der Waals surface area contributed by atoms with Crippen LogP contribution >= 0.6 is 0 Å². The van der Waals surface area contributed by atoms with E-state index in [9.17, 15) is 9.59 Å². The number of aryl methyl sites for hydroxylation is 2. The molecule has 26 heavy (non-hydrogen) atoms. The molecule has 0 heterocycles. The summed E-state index contributed by atoms with van der Waals surface area (Å²) in [4.78, 5) is 24.6. The van der Waals surface area contributed by atoms with E-state index in [2.05, 4.69) is 41.8 Å². The third-order valence-corrected chi connectivity index (χ3v) is 4.19. The molecule has 0 aromatic heterocycles. The summed E-state index contributed by atoms with van der Waals surface area (Å²) >= 11 is 0. The van der Waals surface area contributed by atoms with Gasteiger partial charge in [-0.25, -0.2) is 0 Å². The number of hydrogen-bond acceptors (Lipinski definition) is 2. The molecule has 0 unspecified atom stereocenters. The molecule has 2 N–H and O–H groups in total. The van der Waals surface area contributed by atoms with E-state index in [-0.39, 0.29) is 11.8 Å². The van der Waals surface area contributed by atoms with Crippen molar-refractivity contribution in [2.24, 2.45) is 5.92 Å². The van der Waals surface area contributed by atoms with Gasteiger partial charge in [-0.1, -0.05) is 57.2 Å². The molecule has 0 aliphatic heterocycles. The molecule has 0 aliphatic carbocycles. The van der Waals surface area contributed by atoms with Crippen molar-refractivity contribution in [1.82, 2.24) is 5.32 Å². The standard InChI is InChI=1S/C22H28N2O2/c1-4-17-9-11-18(12-10-17)13-14-21(25)24-20-8-6-5-7-19(20)22(26)23-15-16(2)3/h5-12,16H,4,13-15H2,1-3H3,(H,23,26)(H,24,25). The van der Waals surface area contributed by atoms with Gasteiger partial charge in [-0.3, -0.25) is 9.59 Å². The lowest BCUT2D eigenvalue weighted by atomic mass is 10.1. The zero-order chi connectivity index (χ0) is 18.9. The summed E-state index contributed by atoms with van der Waals surface area (Å²) < 4.78 is 0. The number of nitrogens with one attached hydrogen (secondary N) is 2. The second-order valence-electron chi connectivity index (χ2n) is 6.87. The molecule has 2 aromatic rings. The molecule has 4 nitrogen and oxygen atoms in total. The highest BCUT2D eigenvalue weighted by Gasteiger charge is 2.13. The Morgan fingerprint density at radius 2 is 1.62 bits per heavy atom. The Morgan fingerprint density at radius 1 is 0.962 bits per heavy atom. The molecular formula is C22H28N2O2. The number of benzene rings is 2. The van der Waals surface area contributed by atoms with Crippen molar-refractivity contribution in [2.75, 3.05) is 11.9 Å². The molecule has 0 saturated heterocycles. The minimum absolute atomic E-state index is 0.0892. The topological polar surface area (TPSA) is 58.2 Å². The zero-order valence-electron chi connectivity index (χ0n) is 15.8. The van der Waals surface area contributed by atoms with Crippen LogP contribution in [-0.2, 0) is 17.6 Å². The Hall–Kier alpha value is -2.62. The van der Waals surface area contributed by atoms with E-state index in [1.165, 1.54) is 5.56 Å². The molecule has 2 amide bonds. The van der Waals surface area contributed by atoms with E-state index < -0.39 is 0 Å². The maximum absolute atomic E-state index is 12.3. The van der Waals surface area contributed by atoms with E-state index in [0.717, 1.165) is 12.0 Å². The molecular weight excluding hydrogens is 324 g/mol. The lowest BCUT2D eigenvalue weighted by Crippen LogP contribution is -2.28. The number of amides is 2. The number of hydrogen-bond donors (Lipinski definition) is 2. The Bertz CT molecular complexity index is 736. The smallest absolute Gasteiger partial charge is 0.253 e. The second-order valence-corrected chi connectivity index (χ2v) is 6.87. The minimum atomic E-state index is -0.162. The summed E-state index contributed by atoms with van der Waals surface area (Å²) in [6, 6.07) is 15.4. The van der Waals surface area contributed by atoms with Crippen LogP contribution in [0.4, 0.5) is 5.69 Å². The summed E-state index contributed by atoms with van der Waals surface area (Å²) in [7, 11) is 0. The molecule has 0 fully saturated rings. The van der Waals surface area contributed by atoms with Gasteiger partial charge in [-0.15, -0.1) is 0 Å². The number of carbonyl (C=O) groups is 2. The summed E-state index contributed by atoms with van der Waals surface area (Å²) in [5.41, 5.74) is 3.48. The SMILES string of the molecule is CCc1ccc(CCC(=O)Nc2ccccc2C(=O)NCC(C)C)cc1. The maximum atomic E-state index is 12.3. The van der Waals surface area contributed by atoms with E-state index in [1.807, 2.05) is 19.9 Å². The Balaban J connectivity index is 1.94. The molecule has 0 aliphatic rings. The van der Waals surface area contributed by atoms with Gasteiger partial charge < -0.3 is 10.6 Å². The average molecular weight is 352 g/mol. The van der Waals surface area contributed by atoms with Gasteiger partial charge in [-0.2, -0.15) is 0 Å². The predicted molar refractivity (Wildman–Crippen MR) is 106 cm³/mol. The lowest BCUT2D eigenvalue weighted by Gasteiger charge is -2.12. The van der Waals surface area contributed by atoms with Crippen LogP contribution in [-0.4, -0.2) is 18.4 Å². The van der Waals surface area contributed by atoms with Crippen LogP contribution in [0.3, 0.4) is 0 Å². The van der Waals surface area contributed by atoms with Crippen molar-refractivity contribution in [3.63, 3.8) is 0 Å². The first-order valence-corrected chi connectivity index (χ1v) is 9.24. The van der Waals surface area contributed by atoms with Crippen molar-refractivity contribution in [3.8, 4) is 0 Å². The normalized spacial score (nSPS) is 10.6. The highest BCUT2D eigenvalue weighted by molar-refractivity contribution is 6.03. The quantitative estimate of drug-likeness (QED) is 0.748. The van der Waals surface area contributed by atoms with Gasteiger partial charge in [0, 0.05) is 13.0 Å². The van der Waals surface area contributed by atoms with E-state index in [4.69, 9.17) is 0 Å². The third-order valence-electron chi connectivity index (χ3n) is 4.19. The molecule has 4 heteroatoms. The van der Waals surface area contributed by atoms with Crippen LogP contribution in [0, 0.1) is 5.92 Å². The van der Waals surface area contributed by atoms with Crippen LogP contribution in [0.25, 0.3) is 0 Å². The Labute approximate surface area is 156 Å². The van der Waals surface area contributed by atoms with Crippen LogP contribution in [0.1, 0.15) is 48.7 Å². The molecule has 2 aromatic carbocycles. The van der Waals surface area contributed by atoms with Crippen molar-refractivity contribution in [3.05, 3.63) is 65.2 Å². The van der Waals surface area contributed by atoms with Gasteiger partial charge in [-0.05, 0) is 42.0 Å². The molecule has 0 spiro atoms. The van der Waals surface area contributed by atoms with Gasteiger partial charge in [0.2, 0.25) is 5.91 Å². The molecule has 0 atom stereocenters. The van der Waals surface area contributed by atoms with Crippen molar-refractivity contribution < 1.29 is 9.59 Å². The van der Waals surface area contributed by atoms with Crippen LogP contribution in [0.15, 0.2) is 48.5 Å². The molecule has 0 saturated carbocycles. The van der Waals surface area contributed by atoms with E-state index in [0.29, 0.717) is 36.6 Å². The average Bonchev–Trinajstić information content (AvgIpc) is 2.65. The summed E-state index contributed by atoms with van der Waals surface area (Å²) in [5, 5.41) is 5.76. The van der Waals surface area contributed by atoms with Crippen molar-refractivity contribution in [1.29, 1.82) is 0 Å². The number of para-hydroxylation sites is 1. The molecule has 0 radical (unpaired) electrons. The summed E-state index contributed by atoms with van der Waals surface area (Å²) in [6.07, 6.45) is 2.07. The van der Waals surface area contributed by atoms with Gasteiger partial charge in [0.25, 0.3) is 5.91 Å². The third kappa shape index (κ3) is 6.03. The van der Waals surface area contributed by atoms with Gasteiger partial charge in [0.05, 0.1) is 11.3 Å².